The lowest BCUT2D eigenvalue weighted by atomic mass is 10.1. The molecule has 0 fully saturated rings. The quantitative estimate of drug-likeness (QED) is 0.0985. The van der Waals surface area contributed by atoms with E-state index in [0.717, 1.165) is 122 Å². The second-order valence-electron chi connectivity index (χ2n) is 16.8. The molecule has 7 aromatic heterocycles. The van der Waals surface area contributed by atoms with Crippen molar-refractivity contribution in [1.82, 2.24) is 38.2 Å². The first-order chi connectivity index (χ1) is 31.3. The highest BCUT2D eigenvalue weighted by atomic mass is 15.2. The summed E-state index contributed by atoms with van der Waals surface area (Å²) >= 11 is 0. The Morgan fingerprint density at radius 2 is 0.641 bits per heavy atom. The third kappa shape index (κ3) is 7.77. The predicted octanol–water partition coefficient (Wildman–Crippen LogP) is 7.53. The van der Waals surface area contributed by atoms with Crippen LogP contribution in [-0.4, -0.2) is 38.2 Å². The summed E-state index contributed by atoms with van der Waals surface area (Å²) in [6.45, 7) is 25.0. The van der Waals surface area contributed by atoms with Gasteiger partial charge in [0.05, 0.1) is 101 Å². The Hall–Kier alpha value is -6.56. The third-order valence-corrected chi connectivity index (χ3v) is 13.6. The molecule has 0 unspecified atom stereocenters. The highest BCUT2D eigenvalue weighted by Crippen LogP contribution is 2.30. The summed E-state index contributed by atoms with van der Waals surface area (Å²) in [4.78, 5) is 19.2. The van der Waals surface area contributed by atoms with Crippen molar-refractivity contribution in [2.45, 2.75) is 133 Å². The molecule has 12 nitrogen and oxygen atoms in total. The minimum atomic E-state index is 0.699. The van der Waals surface area contributed by atoms with E-state index < -0.39 is 0 Å². The normalized spacial score (nSPS) is 12.4. The van der Waals surface area contributed by atoms with Gasteiger partial charge in [0.25, 0.3) is 23.3 Å². The molecule has 0 saturated heterocycles. The number of rotatable bonds is 16. The van der Waals surface area contributed by atoms with E-state index in [4.69, 9.17) is 9.97 Å². The van der Waals surface area contributed by atoms with Crippen molar-refractivity contribution in [3.8, 4) is 0 Å². The molecule has 0 saturated carbocycles. The van der Waals surface area contributed by atoms with E-state index in [-0.39, 0.29) is 0 Å². The SMILES string of the molecule is CCn1cc[n+](CC)c1Cc1c2nc(c(Cc3n(CC)cc[n+]3CC)c3ccc([nH]3)c(Cc3n(CC)cc[n+]3CC)c3ccc([nH]3)c(Cc3n(CC)cc[n+]3CC)c3nc1C=C3)C=C2. The van der Waals surface area contributed by atoms with Gasteiger partial charge in [-0.2, -0.15) is 0 Å². The number of H-pyrrole nitrogens is 2. The molecule has 64 heavy (non-hydrogen) atoms. The molecular formula is C52H66N12+4. The molecule has 9 heterocycles. The summed E-state index contributed by atoms with van der Waals surface area (Å²) in [7, 11) is 0. The van der Waals surface area contributed by atoms with E-state index in [1.807, 2.05) is 0 Å². The molecule has 9 rings (SSSR count). The largest absolute Gasteiger partial charge is 0.355 e. The zero-order valence-corrected chi connectivity index (χ0v) is 39.2. The van der Waals surface area contributed by atoms with E-state index in [9.17, 15) is 0 Å². The molecule has 12 heteroatoms. The second-order valence-corrected chi connectivity index (χ2v) is 16.8. The van der Waals surface area contributed by atoms with Crippen molar-refractivity contribution in [2.75, 3.05) is 0 Å². The number of aromatic nitrogens is 12. The number of nitrogens with zero attached hydrogens (tertiary/aromatic N) is 10. The van der Waals surface area contributed by atoms with Crippen molar-refractivity contribution in [3.05, 3.63) is 142 Å². The van der Waals surface area contributed by atoms with Gasteiger partial charge < -0.3 is 9.97 Å². The average Bonchev–Trinajstić information content (AvgIpc) is 4.18. The van der Waals surface area contributed by atoms with Gasteiger partial charge in [-0.05, 0) is 104 Å². The Morgan fingerprint density at radius 3 is 0.938 bits per heavy atom. The molecule has 330 valence electrons. The first-order valence-electron chi connectivity index (χ1n) is 23.7. The molecule has 2 N–H and O–H groups in total. The van der Waals surface area contributed by atoms with E-state index in [1.165, 1.54) is 40.0 Å². The fourth-order valence-electron chi connectivity index (χ4n) is 9.93. The van der Waals surface area contributed by atoms with Gasteiger partial charge in [-0.3, -0.25) is 0 Å². The molecule has 0 spiro atoms. The van der Waals surface area contributed by atoms with Crippen LogP contribution in [0.1, 0.15) is 124 Å². The number of nitrogens with one attached hydrogen (secondary N) is 2. The van der Waals surface area contributed by atoms with Crippen LogP contribution in [0.25, 0.3) is 46.4 Å². The minimum Gasteiger partial charge on any atom is -0.355 e. The number of aromatic amines is 2. The smallest absolute Gasteiger partial charge is 0.261 e. The molecule has 2 aliphatic heterocycles. The third-order valence-electron chi connectivity index (χ3n) is 13.6. The molecule has 2 aliphatic rings. The first kappa shape index (κ1) is 42.7. The van der Waals surface area contributed by atoms with Crippen LogP contribution in [0.4, 0.5) is 0 Å². The minimum absolute atomic E-state index is 0.699. The van der Waals surface area contributed by atoms with E-state index >= 15 is 0 Å². The number of hydrogen-bond donors (Lipinski definition) is 2. The van der Waals surface area contributed by atoms with Gasteiger partial charge in [0, 0.05) is 44.3 Å². The number of hydrogen-bond acceptors (Lipinski definition) is 2. The molecule has 0 radical (unpaired) electrons. The molecular weight excluding hydrogens is 793 g/mol. The van der Waals surface area contributed by atoms with Gasteiger partial charge in [-0.15, -0.1) is 0 Å². The molecule has 0 aliphatic carbocycles. The number of imidazole rings is 4. The molecule has 0 atom stereocenters. The van der Waals surface area contributed by atoms with Crippen LogP contribution < -0.4 is 18.3 Å². The van der Waals surface area contributed by atoms with E-state index in [0.29, 0.717) is 6.42 Å². The van der Waals surface area contributed by atoms with Crippen molar-refractivity contribution >= 4 is 46.4 Å². The topological polar surface area (TPSA) is 92.6 Å². The van der Waals surface area contributed by atoms with Gasteiger partial charge in [0.15, 0.2) is 0 Å². The summed E-state index contributed by atoms with van der Waals surface area (Å²) in [5.41, 5.74) is 12.9. The number of aryl methyl sites for hydroxylation is 8. The summed E-state index contributed by atoms with van der Waals surface area (Å²) < 4.78 is 18.9. The van der Waals surface area contributed by atoms with Gasteiger partial charge >= 0.3 is 0 Å². The lowest BCUT2D eigenvalue weighted by Crippen LogP contribution is -2.36. The van der Waals surface area contributed by atoms with Crippen LogP contribution >= 0.6 is 0 Å². The zero-order valence-electron chi connectivity index (χ0n) is 39.2. The summed E-state index contributed by atoms with van der Waals surface area (Å²) in [6.07, 6.45) is 29.5. The van der Waals surface area contributed by atoms with Gasteiger partial charge in [0.1, 0.15) is 49.6 Å². The number of fused-ring (bicyclic) bond motifs is 8. The molecule has 0 amide bonds. The fourth-order valence-corrected chi connectivity index (χ4v) is 9.93. The van der Waals surface area contributed by atoms with Crippen molar-refractivity contribution < 1.29 is 18.3 Å². The van der Waals surface area contributed by atoms with Crippen molar-refractivity contribution in [3.63, 3.8) is 0 Å². The van der Waals surface area contributed by atoms with Crippen LogP contribution in [0.3, 0.4) is 0 Å². The van der Waals surface area contributed by atoms with Crippen LogP contribution in [0, 0.1) is 0 Å². The maximum Gasteiger partial charge on any atom is 0.261 e. The van der Waals surface area contributed by atoms with Crippen LogP contribution in [0.5, 0.6) is 0 Å². The van der Waals surface area contributed by atoms with E-state index in [1.54, 1.807) is 0 Å². The fraction of sp³-hybridized carbons (Fsp3) is 0.385. The molecule has 8 bridgehead atoms. The Morgan fingerprint density at radius 1 is 0.375 bits per heavy atom. The summed E-state index contributed by atoms with van der Waals surface area (Å²) in [5.74, 6) is 5.04. The second kappa shape index (κ2) is 18.3. The average molecular weight is 859 g/mol. The van der Waals surface area contributed by atoms with Gasteiger partial charge in [-0.25, -0.2) is 46.5 Å². The van der Waals surface area contributed by atoms with Gasteiger partial charge in [0.2, 0.25) is 0 Å². The monoisotopic (exact) mass is 859 g/mol. The highest BCUT2D eigenvalue weighted by molar-refractivity contribution is 5.83. The molecule has 7 aromatic rings. The van der Waals surface area contributed by atoms with Crippen LogP contribution in [0.15, 0.2) is 73.8 Å². The zero-order chi connectivity index (χ0) is 44.5. The van der Waals surface area contributed by atoms with Crippen molar-refractivity contribution in [2.24, 2.45) is 0 Å². The predicted molar refractivity (Wildman–Crippen MR) is 254 cm³/mol. The standard InChI is InChI=1S/C52H66N12/c1-9-57-25-26-58(10-2)49(57)33-37-41-17-19-43(53-41)38(34-50-59(11-3)27-28-60(50)12-4)45-21-23-47(55-45)40(36-52-63(15-7)31-32-64(52)16-8)48-24-22-46(56-48)39(44-20-18-42(37)54-44)35-51-61(13-5)29-30-62(51)14-6/h17-32,53-54H,9-16,33-36H2,1-8H3/q+4. The summed E-state index contributed by atoms with van der Waals surface area (Å²) in [6, 6.07) is 9.11. The Labute approximate surface area is 377 Å². The van der Waals surface area contributed by atoms with Crippen LogP contribution in [-0.2, 0) is 78.0 Å². The lowest BCUT2D eigenvalue weighted by Gasteiger charge is -2.07. The first-order valence-corrected chi connectivity index (χ1v) is 23.7. The Bertz CT molecular complexity index is 2820. The highest BCUT2D eigenvalue weighted by Gasteiger charge is 2.26. The maximum absolute atomic E-state index is 5.61. The summed E-state index contributed by atoms with van der Waals surface area (Å²) in [5, 5.41) is 0. The Kier molecular flexibility index (Phi) is 12.2. The molecule has 0 aromatic carbocycles. The lowest BCUT2D eigenvalue weighted by molar-refractivity contribution is -0.700. The maximum atomic E-state index is 5.61. The van der Waals surface area contributed by atoms with E-state index in [2.05, 4.69) is 200 Å². The Balaban J connectivity index is 1.39. The van der Waals surface area contributed by atoms with Crippen LogP contribution in [0.2, 0.25) is 0 Å². The van der Waals surface area contributed by atoms with Crippen molar-refractivity contribution in [1.29, 1.82) is 0 Å². The van der Waals surface area contributed by atoms with Gasteiger partial charge in [-0.1, -0.05) is 0 Å².